The van der Waals surface area contributed by atoms with Crippen LogP contribution in [0.1, 0.15) is 11.1 Å². The summed E-state index contributed by atoms with van der Waals surface area (Å²) in [7, 11) is 0. The van der Waals surface area contributed by atoms with E-state index in [1.165, 1.54) is 0 Å². The highest BCUT2D eigenvalue weighted by atomic mass is 35.5. The lowest BCUT2D eigenvalue weighted by atomic mass is 10.2. The Labute approximate surface area is 105 Å². The van der Waals surface area contributed by atoms with Crippen LogP contribution in [0.15, 0.2) is 48.5 Å². The number of hydrogen-bond acceptors (Lipinski definition) is 2. The minimum Gasteiger partial charge on any atom is -0.457 e. The molecule has 0 radical (unpaired) electrons. The Balaban J connectivity index is 2.22. The number of rotatable bonds is 3. The SMILES string of the molecule is N#Cc1cccc(Oc2cccc(CCl)c2)c1. The lowest BCUT2D eigenvalue weighted by Gasteiger charge is -2.06. The summed E-state index contributed by atoms with van der Waals surface area (Å²) in [6, 6.07) is 16.7. The Morgan fingerprint density at radius 1 is 1.06 bits per heavy atom. The summed E-state index contributed by atoms with van der Waals surface area (Å²) in [4.78, 5) is 0. The van der Waals surface area contributed by atoms with Gasteiger partial charge in [0, 0.05) is 5.88 Å². The molecule has 0 atom stereocenters. The van der Waals surface area contributed by atoms with Gasteiger partial charge in [0.15, 0.2) is 0 Å². The summed E-state index contributed by atoms with van der Waals surface area (Å²) in [5.74, 6) is 1.82. The summed E-state index contributed by atoms with van der Waals surface area (Å²) < 4.78 is 5.65. The molecule has 0 spiro atoms. The third kappa shape index (κ3) is 2.99. The quantitative estimate of drug-likeness (QED) is 0.761. The lowest BCUT2D eigenvalue weighted by molar-refractivity contribution is 0.482. The Kier molecular flexibility index (Phi) is 3.64. The summed E-state index contributed by atoms with van der Waals surface area (Å²) in [5.41, 5.74) is 1.58. The van der Waals surface area contributed by atoms with E-state index in [2.05, 4.69) is 6.07 Å². The summed E-state index contributed by atoms with van der Waals surface area (Å²) in [6.45, 7) is 0. The molecular formula is C14H10ClNO. The van der Waals surface area contributed by atoms with Crippen LogP contribution in [0, 0.1) is 11.3 Å². The zero-order chi connectivity index (χ0) is 12.1. The molecule has 17 heavy (non-hydrogen) atoms. The minimum absolute atomic E-state index is 0.454. The maximum absolute atomic E-state index is 8.79. The average Bonchev–Trinajstić information content (AvgIpc) is 2.39. The second-order valence-corrected chi connectivity index (χ2v) is 3.79. The monoisotopic (exact) mass is 243 g/mol. The molecule has 2 nitrogen and oxygen atoms in total. The molecule has 0 fully saturated rings. The summed E-state index contributed by atoms with van der Waals surface area (Å²) >= 11 is 5.75. The van der Waals surface area contributed by atoms with E-state index in [-0.39, 0.29) is 0 Å². The van der Waals surface area contributed by atoms with Gasteiger partial charge in [-0.2, -0.15) is 5.26 Å². The lowest BCUT2D eigenvalue weighted by Crippen LogP contribution is -1.86. The predicted molar refractivity (Wildman–Crippen MR) is 67.2 cm³/mol. The molecule has 0 amide bonds. The number of nitriles is 1. The maximum atomic E-state index is 8.79. The number of alkyl halides is 1. The highest BCUT2D eigenvalue weighted by molar-refractivity contribution is 6.17. The number of benzene rings is 2. The van der Waals surface area contributed by atoms with E-state index in [0.29, 0.717) is 17.2 Å². The number of hydrogen-bond donors (Lipinski definition) is 0. The number of nitrogens with zero attached hydrogens (tertiary/aromatic N) is 1. The van der Waals surface area contributed by atoms with Gasteiger partial charge in [0.2, 0.25) is 0 Å². The molecular weight excluding hydrogens is 234 g/mol. The van der Waals surface area contributed by atoms with Crippen LogP contribution in [0.25, 0.3) is 0 Å². The van der Waals surface area contributed by atoms with E-state index in [9.17, 15) is 0 Å². The highest BCUT2D eigenvalue weighted by Gasteiger charge is 1.99. The third-order valence-corrected chi connectivity index (χ3v) is 2.56. The first-order valence-corrected chi connectivity index (χ1v) is 5.68. The Morgan fingerprint density at radius 3 is 2.47 bits per heavy atom. The first kappa shape index (κ1) is 11.5. The smallest absolute Gasteiger partial charge is 0.128 e. The molecule has 0 saturated heterocycles. The molecule has 2 rings (SSSR count). The van der Waals surface area contributed by atoms with E-state index in [1.807, 2.05) is 30.3 Å². The molecule has 0 saturated carbocycles. The van der Waals surface area contributed by atoms with Crippen LogP contribution < -0.4 is 4.74 Å². The van der Waals surface area contributed by atoms with Crippen molar-refractivity contribution in [3.05, 3.63) is 59.7 Å². The standard InChI is InChI=1S/C14H10ClNO/c15-9-11-3-1-5-13(7-11)17-14-6-2-4-12(8-14)10-16/h1-8H,9H2. The molecule has 0 aliphatic heterocycles. The molecule has 0 bridgehead atoms. The van der Waals surface area contributed by atoms with Gasteiger partial charge < -0.3 is 4.74 Å². The van der Waals surface area contributed by atoms with Gasteiger partial charge >= 0.3 is 0 Å². The molecule has 0 aliphatic rings. The van der Waals surface area contributed by atoms with Crippen LogP contribution in [-0.4, -0.2) is 0 Å². The molecule has 2 aromatic carbocycles. The minimum atomic E-state index is 0.454. The van der Waals surface area contributed by atoms with Gasteiger partial charge in [-0.05, 0) is 35.9 Å². The first-order chi connectivity index (χ1) is 8.31. The largest absolute Gasteiger partial charge is 0.457 e. The van der Waals surface area contributed by atoms with Gasteiger partial charge in [-0.3, -0.25) is 0 Å². The van der Waals surface area contributed by atoms with Crippen LogP contribution in [0.4, 0.5) is 0 Å². The first-order valence-electron chi connectivity index (χ1n) is 5.15. The van der Waals surface area contributed by atoms with Gasteiger partial charge in [0.05, 0.1) is 11.6 Å². The Hall–Kier alpha value is -1.98. The zero-order valence-electron chi connectivity index (χ0n) is 9.06. The fourth-order valence-corrected chi connectivity index (χ4v) is 1.62. The van der Waals surface area contributed by atoms with Crippen LogP contribution in [-0.2, 0) is 5.88 Å². The molecule has 2 aromatic rings. The fraction of sp³-hybridized carbons (Fsp3) is 0.0714. The zero-order valence-corrected chi connectivity index (χ0v) is 9.82. The molecule has 0 heterocycles. The van der Waals surface area contributed by atoms with Crippen molar-refractivity contribution in [2.75, 3.05) is 0 Å². The van der Waals surface area contributed by atoms with Crippen molar-refractivity contribution in [2.24, 2.45) is 0 Å². The van der Waals surface area contributed by atoms with E-state index < -0.39 is 0 Å². The van der Waals surface area contributed by atoms with Gasteiger partial charge in [-0.15, -0.1) is 11.6 Å². The van der Waals surface area contributed by atoms with E-state index in [0.717, 1.165) is 11.3 Å². The van der Waals surface area contributed by atoms with Gasteiger partial charge in [-0.25, -0.2) is 0 Å². The van der Waals surface area contributed by atoms with Gasteiger partial charge in [0.1, 0.15) is 11.5 Å². The summed E-state index contributed by atoms with van der Waals surface area (Å²) in [5, 5.41) is 8.79. The van der Waals surface area contributed by atoms with Gasteiger partial charge in [0.25, 0.3) is 0 Å². The van der Waals surface area contributed by atoms with Crippen molar-refractivity contribution in [3.8, 4) is 17.6 Å². The van der Waals surface area contributed by atoms with Crippen molar-refractivity contribution < 1.29 is 4.74 Å². The van der Waals surface area contributed by atoms with Crippen LogP contribution in [0.3, 0.4) is 0 Å². The van der Waals surface area contributed by atoms with Crippen LogP contribution in [0.5, 0.6) is 11.5 Å². The van der Waals surface area contributed by atoms with E-state index in [4.69, 9.17) is 21.6 Å². The molecule has 3 heteroatoms. The fourth-order valence-electron chi connectivity index (χ4n) is 1.46. The third-order valence-electron chi connectivity index (χ3n) is 2.25. The second kappa shape index (κ2) is 5.38. The average molecular weight is 244 g/mol. The topological polar surface area (TPSA) is 33.0 Å². The van der Waals surface area contributed by atoms with E-state index >= 15 is 0 Å². The molecule has 0 N–H and O–H groups in total. The van der Waals surface area contributed by atoms with Crippen molar-refractivity contribution in [2.45, 2.75) is 5.88 Å². The normalized spacial score (nSPS) is 9.65. The van der Waals surface area contributed by atoms with E-state index in [1.54, 1.807) is 18.2 Å². The van der Waals surface area contributed by atoms with Crippen molar-refractivity contribution >= 4 is 11.6 Å². The maximum Gasteiger partial charge on any atom is 0.128 e. The Morgan fingerprint density at radius 2 is 1.76 bits per heavy atom. The van der Waals surface area contributed by atoms with Crippen molar-refractivity contribution in [3.63, 3.8) is 0 Å². The molecule has 0 aliphatic carbocycles. The second-order valence-electron chi connectivity index (χ2n) is 3.52. The van der Waals surface area contributed by atoms with Crippen molar-refractivity contribution in [1.29, 1.82) is 5.26 Å². The summed E-state index contributed by atoms with van der Waals surface area (Å²) in [6.07, 6.45) is 0. The number of halogens is 1. The molecule has 0 unspecified atom stereocenters. The highest BCUT2D eigenvalue weighted by Crippen LogP contribution is 2.23. The predicted octanol–water partition coefficient (Wildman–Crippen LogP) is 4.09. The molecule has 84 valence electrons. The van der Waals surface area contributed by atoms with Crippen molar-refractivity contribution in [1.82, 2.24) is 0 Å². The molecule has 0 aromatic heterocycles. The van der Waals surface area contributed by atoms with Crippen LogP contribution >= 0.6 is 11.6 Å². The Bertz CT molecular complexity index is 560. The van der Waals surface area contributed by atoms with Gasteiger partial charge in [-0.1, -0.05) is 18.2 Å². The number of ether oxygens (including phenoxy) is 1. The van der Waals surface area contributed by atoms with Crippen LogP contribution in [0.2, 0.25) is 0 Å².